The van der Waals surface area contributed by atoms with Gasteiger partial charge in [0.25, 0.3) is 0 Å². The monoisotopic (exact) mass is 986 g/mol. The lowest BCUT2D eigenvalue weighted by molar-refractivity contribution is -0.302. The lowest BCUT2D eigenvalue weighted by Gasteiger charge is -2.40. The lowest BCUT2D eigenvalue weighted by atomic mass is 9.99. The molecule has 0 spiro atoms. The van der Waals surface area contributed by atoms with Crippen molar-refractivity contribution in [3.8, 4) is 0 Å². The second kappa shape index (κ2) is 48.4. The van der Waals surface area contributed by atoms with Gasteiger partial charge in [-0.15, -0.1) is 0 Å². The van der Waals surface area contributed by atoms with E-state index in [9.17, 15) is 35.1 Å². The normalized spacial score (nSPS) is 19.8. The SMILES string of the molecule is CCCC/C=C\C/C=C\CCCCCCCC(=O)OCCCCC/C=C\C=C/CCCCCCCCCCCCC(=O)NC(COC1OC(CO)C(O)C(O)C1O)C(O)/C=C/CC/C=C/CCCCC. The highest BCUT2D eigenvalue weighted by molar-refractivity contribution is 5.76. The highest BCUT2D eigenvalue weighted by atomic mass is 16.7. The van der Waals surface area contributed by atoms with Gasteiger partial charge in [-0.3, -0.25) is 9.59 Å². The van der Waals surface area contributed by atoms with Crippen LogP contribution in [0.3, 0.4) is 0 Å². The third-order valence-electron chi connectivity index (χ3n) is 12.8. The Labute approximate surface area is 426 Å². The average Bonchev–Trinajstić information content (AvgIpc) is 3.36. The van der Waals surface area contributed by atoms with E-state index in [1.165, 1.54) is 96.3 Å². The van der Waals surface area contributed by atoms with E-state index in [1.54, 1.807) is 6.08 Å². The number of carbonyl (C=O) groups excluding carboxylic acids is 2. The largest absolute Gasteiger partial charge is 0.466 e. The van der Waals surface area contributed by atoms with Crippen molar-refractivity contribution >= 4 is 11.9 Å². The summed E-state index contributed by atoms with van der Waals surface area (Å²) in [5, 5.41) is 54.1. The molecule has 11 nitrogen and oxygen atoms in total. The highest BCUT2D eigenvalue weighted by Gasteiger charge is 2.44. The molecule has 1 saturated heterocycles. The van der Waals surface area contributed by atoms with Crippen molar-refractivity contribution in [2.24, 2.45) is 0 Å². The molecule has 0 aromatic heterocycles. The molecule has 1 fully saturated rings. The molecule has 0 radical (unpaired) electrons. The van der Waals surface area contributed by atoms with E-state index in [1.807, 2.05) is 6.08 Å². The van der Waals surface area contributed by atoms with Gasteiger partial charge in [0, 0.05) is 12.8 Å². The molecule has 11 heteroatoms. The molecule has 0 aromatic rings. The first-order valence-corrected chi connectivity index (χ1v) is 28.2. The van der Waals surface area contributed by atoms with Crippen LogP contribution in [-0.4, -0.2) is 100 Å². The van der Waals surface area contributed by atoms with Crippen LogP contribution < -0.4 is 5.32 Å². The highest BCUT2D eigenvalue weighted by Crippen LogP contribution is 2.23. The number of carbonyl (C=O) groups is 2. The predicted molar refractivity (Wildman–Crippen MR) is 287 cm³/mol. The Bertz CT molecular complexity index is 1390. The summed E-state index contributed by atoms with van der Waals surface area (Å²) in [6.45, 7) is 4.16. The van der Waals surface area contributed by atoms with E-state index in [4.69, 9.17) is 14.2 Å². The van der Waals surface area contributed by atoms with Crippen LogP contribution in [0.15, 0.2) is 72.9 Å². The van der Waals surface area contributed by atoms with Crippen molar-refractivity contribution in [1.29, 1.82) is 0 Å². The topological polar surface area (TPSA) is 175 Å². The maximum atomic E-state index is 13.0. The summed E-state index contributed by atoms with van der Waals surface area (Å²) >= 11 is 0. The standard InChI is InChI=1S/C59H103NO10/c1-3-5-7-9-11-13-14-15-24-27-31-35-39-43-47-55(64)68-48-44-40-36-32-28-25-22-20-18-16-17-19-21-23-26-30-34-38-42-46-54(63)60-51(52(62)45-41-37-33-29-12-10-8-6-4-2)50-69-59-58(67)57(66)56(65)53(49-61)70-59/h9,11-12,14-15,20,22,25,28-29,41,45,51-53,56-59,61-62,65-67H,3-8,10,13,16-19,21,23-24,26-27,30-40,42-44,46-50H2,1-2H3,(H,60,63)/b11-9-,15-14-,22-20-,28-25-,29-12+,45-41+. The van der Waals surface area contributed by atoms with Crippen LogP contribution in [0.4, 0.5) is 0 Å². The van der Waals surface area contributed by atoms with Gasteiger partial charge in [-0.05, 0) is 103 Å². The van der Waals surface area contributed by atoms with Crippen LogP contribution in [0.1, 0.15) is 226 Å². The second-order valence-corrected chi connectivity index (χ2v) is 19.3. The fraction of sp³-hybridized carbons (Fsp3) is 0.763. The maximum Gasteiger partial charge on any atom is 0.305 e. The third-order valence-corrected chi connectivity index (χ3v) is 12.8. The van der Waals surface area contributed by atoms with Crippen LogP contribution in [0.25, 0.3) is 0 Å². The van der Waals surface area contributed by atoms with Crippen LogP contribution in [0, 0.1) is 0 Å². The van der Waals surface area contributed by atoms with E-state index in [0.29, 0.717) is 19.4 Å². The number of nitrogens with one attached hydrogen (secondary N) is 1. The average molecular weight is 986 g/mol. The summed E-state index contributed by atoms with van der Waals surface area (Å²) in [7, 11) is 0. The first-order valence-electron chi connectivity index (χ1n) is 28.2. The molecule has 1 rings (SSSR count). The summed E-state index contributed by atoms with van der Waals surface area (Å²) in [4.78, 5) is 25.0. The molecule has 7 unspecified atom stereocenters. The number of aliphatic hydroxyl groups is 5. The van der Waals surface area contributed by atoms with E-state index in [-0.39, 0.29) is 18.5 Å². The minimum absolute atomic E-state index is 0.0449. The molecule has 1 aliphatic rings. The molecule has 1 aliphatic heterocycles. The van der Waals surface area contributed by atoms with Gasteiger partial charge >= 0.3 is 5.97 Å². The molecule has 6 N–H and O–H groups in total. The quantitative estimate of drug-likeness (QED) is 0.0149. The molecule has 404 valence electrons. The summed E-state index contributed by atoms with van der Waals surface area (Å²) < 4.78 is 16.6. The number of amides is 1. The third kappa shape index (κ3) is 37.8. The van der Waals surface area contributed by atoms with Gasteiger partial charge in [0.05, 0.1) is 32.0 Å². The maximum absolute atomic E-state index is 13.0. The number of unbranched alkanes of at least 4 members (excludes halogenated alkanes) is 24. The van der Waals surface area contributed by atoms with Crippen molar-refractivity contribution in [3.05, 3.63) is 72.9 Å². The molecule has 0 bridgehead atoms. The van der Waals surface area contributed by atoms with Crippen LogP contribution in [0.2, 0.25) is 0 Å². The fourth-order valence-electron chi connectivity index (χ4n) is 8.22. The zero-order valence-electron chi connectivity index (χ0n) is 44.2. The Balaban J connectivity index is 2.08. The van der Waals surface area contributed by atoms with Gasteiger partial charge in [-0.2, -0.15) is 0 Å². The number of esters is 1. The summed E-state index contributed by atoms with van der Waals surface area (Å²) in [5.74, 6) is -0.252. The Morgan fingerprint density at radius 3 is 1.63 bits per heavy atom. The minimum atomic E-state index is -1.58. The molecule has 0 aliphatic carbocycles. The Morgan fingerprint density at radius 2 is 1.03 bits per heavy atom. The molecular formula is C59H103NO10. The number of rotatable bonds is 47. The summed E-state index contributed by atoms with van der Waals surface area (Å²) in [5.41, 5.74) is 0. The van der Waals surface area contributed by atoms with E-state index < -0.39 is 49.5 Å². The number of hydrogen-bond acceptors (Lipinski definition) is 10. The van der Waals surface area contributed by atoms with Crippen LogP contribution in [0.5, 0.6) is 0 Å². The summed E-state index contributed by atoms with van der Waals surface area (Å²) in [6.07, 6.45) is 52.9. The van der Waals surface area contributed by atoms with Gasteiger partial charge in [0.15, 0.2) is 6.29 Å². The van der Waals surface area contributed by atoms with Crippen LogP contribution in [-0.2, 0) is 23.8 Å². The van der Waals surface area contributed by atoms with E-state index >= 15 is 0 Å². The number of allylic oxidation sites excluding steroid dienone is 11. The van der Waals surface area contributed by atoms with Gasteiger partial charge in [0.1, 0.15) is 24.4 Å². The van der Waals surface area contributed by atoms with E-state index in [2.05, 4.69) is 79.9 Å². The number of hydrogen-bond donors (Lipinski definition) is 6. The zero-order chi connectivity index (χ0) is 51.0. The van der Waals surface area contributed by atoms with Gasteiger partial charge in [0.2, 0.25) is 5.91 Å². The second-order valence-electron chi connectivity index (χ2n) is 19.3. The Hall–Kier alpha value is -2.90. The fourth-order valence-corrected chi connectivity index (χ4v) is 8.22. The predicted octanol–water partition coefficient (Wildman–Crippen LogP) is 12.4. The van der Waals surface area contributed by atoms with Crippen molar-refractivity contribution in [3.63, 3.8) is 0 Å². The number of aliphatic hydroxyl groups excluding tert-OH is 5. The molecular weight excluding hydrogens is 883 g/mol. The Kier molecular flexibility index (Phi) is 45.0. The molecule has 0 saturated carbocycles. The van der Waals surface area contributed by atoms with Gasteiger partial charge < -0.3 is 45.1 Å². The van der Waals surface area contributed by atoms with Gasteiger partial charge in [-0.25, -0.2) is 0 Å². The van der Waals surface area contributed by atoms with Crippen molar-refractivity contribution < 1.29 is 49.3 Å². The van der Waals surface area contributed by atoms with Gasteiger partial charge in [-0.1, -0.05) is 183 Å². The van der Waals surface area contributed by atoms with Crippen LogP contribution >= 0.6 is 0 Å². The first-order chi connectivity index (χ1) is 34.2. The molecule has 1 heterocycles. The molecule has 0 aromatic carbocycles. The van der Waals surface area contributed by atoms with Crippen molar-refractivity contribution in [2.45, 2.75) is 269 Å². The molecule has 7 atom stereocenters. The van der Waals surface area contributed by atoms with Crippen molar-refractivity contribution in [1.82, 2.24) is 5.32 Å². The summed E-state index contributed by atoms with van der Waals surface area (Å²) in [6, 6.07) is -0.836. The zero-order valence-corrected chi connectivity index (χ0v) is 44.2. The Morgan fingerprint density at radius 1 is 0.543 bits per heavy atom. The molecule has 1 amide bonds. The molecule has 70 heavy (non-hydrogen) atoms. The van der Waals surface area contributed by atoms with Crippen molar-refractivity contribution in [2.75, 3.05) is 19.8 Å². The van der Waals surface area contributed by atoms with E-state index in [0.717, 1.165) is 103 Å². The number of ether oxygens (including phenoxy) is 3. The first kappa shape index (κ1) is 65.1. The lowest BCUT2D eigenvalue weighted by Crippen LogP contribution is -2.60. The minimum Gasteiger partial charge on any atom is -0.466 e. The smallest absolute Gasteiger partial charge is 0.305 e.